The van der Waals surface area contributed by atoms with Crippen LogP contribution >= 0.6 is 11.6 Å². The molecule has 27 heavy (non-hydrogen) atoms. The molecule has 3 N–H and O–H groups in total. The summed E-state index contributed by atoms with van der Waals surface area (Å²) >= 11 is 5.72. The molecule has 1 saturated carbocycles. The van der Waals surface area contributed by atoms with E-state index in [9.17, 15) is 17.6 Å². The molecule has 1 heterocycles. The summed E-state index contributed by atoms with van der Waals surface area (Å²) in [5.74, 6) is -1.11. The maximum atomic E-state index is 14.0. The fourth-order valence-electron chi connectivity index (χ4n) is 3.01. The second-order valence-electron chi connectivity index (χ2n) is 6.54. The first-order valence-corrected chi connectivity index (χ1v) is 10.3. The van der Waals surface area contributed by atoms with Crippen molar-refractivity contribution in [3.05, 3.63) is 40.8 Å². The molecule has 0 spiro atoms. The Bertz CT molecular complexity index is 972. The topological polar surface area (TPSA) is 122 Å². The quantitative estimate of drug-likeness (QED) is 0.482. The molecule has 1 fully saturated rings. The van der Waals surface area contributed by atoms with Crippen molar-refractivity contribution in [3.63, 3.8) is 0 Å². The molecule has 8 nitrogen and oxygen atoms in total. The molecule has 1 amide bonds. The van der Waals surface area contributed by atoms with E-state index in [1.165, 1.54) is 18.2 Å². The predicted molar refractivity (Wildman–Crippen MR) is 94.3 cm³/mol. The highest BCUT2D eigenvalue weighted by Crippen LogP contribution is 2.37. The monoisotopic (exact) mass is 417 g/mol. The highest BCUT2D eigenvalue weighted by atomic mass is 35.5. The first kappa shape index (κ1) is 19.7. The van der Waals surface area contributed by atoms with Gasteiger partial charge in [0.05, 0.1) is 16.5 Å². The van der Waals surface area contributed by atoms with E-state index in [2.05, 4.69) is 10.5 Å². The van der Waals surface area contributed by atoms with Gasteiger partial charge in [-0.25, -0.2) is 18.3 Å². The summed E-state index contributed by atoms with van der Waals surface area (Å²) in [5, 5.41) is 15.3. The lowest BCUT2D eigenvalue weighted by Gasteiger charge is -2.45. The van der Waals surface area contributed by atoms with Crippen LogP contribution in [-0.4, -0.2) is 41.7 Å². The van der Waals surface area contributed by atoms with E-state index in [1.807, 2.05) is 0 Å². The number of hydrogen-bond donors (Lipinski definition) is 3. The van der Waals surface area contributed by atoms with E-state index in [0.717, 1.165) is 12.3 Å². The molecule has 0 bridgehead atoms. The first-order chi connectivity index (χ1) is 12.6. The number of sulfone groups is 1. The molecule has 146 valence electrons. The average Bonchev–Trinajstić information content (AvgIpc) is 3.00. The molecular formula is C16H17ClFN3O5S. The van der Waals surface area contributed by atoms with Crippen LogP contribution in [0.2, 0.25) is 5.02 Å². The van der Waals surface area contributed by atoms with Gasteiger partial charge in [0.2, 0.25) is 0 Å². The number of halogens is 2. The maximum Gasteiger partial charge on any atom is 0.263 e. The second kappa shape index (κ2) is 7.19. The van der Waals surface area contributed by atoms with Crippen molar-refractivity contribution < 1.29 is 27.3 Å². The van der Waals surface area contributed by atoms with Crippen molar-refractivity contribution in [1.29, 1.82) is 0 Å². The molecule has 3 rings (SSSR count). The van der Waals surface area contributed by atoms with Gasteiger partial charge in [0.25, 0.3) is 5.91 Å². The Hall–Kier alpha value is -2.01. The lowest BCUT2D eigenvalue weighted by atomic mass is 9.75. The number of hydroxylamine groups is 1. The fraction of sp³-hybridized carbons (Fsp3) is 0.375. The Morgan fingerprint density at radius 3 is 2.74 bits per heavy atom. The van der Waals surface area contributed by atoms with Gasteiger partial charge in [0.15, 0.2) is 5.76 Å². The number of carbonyl (C=O) groups excluding carboxylic acids is 1. The zero-order valence-electron chi connectivity index (χ0n) is 14.2. The van der Waals surface area contributed by atoms with Crippen molar-refractivity contribution in [1.82, 2.24) is 16.0 Å². The van der Waals surface area contributed by atoms with Crippen LogP contribution in [0, 0.1) is 5.82 Å². The summed E-state index contributed by atoms with van der Waals surface area (Å²) in [7, 11) is -3.29. The largest absolute Gasteiger partial charge is 0.356 e. The second-order valence-corrected chi connectivity index (χ2v) is 9.31. The van der Waals surface area contributed by atoms with E-state index in [1.54, 1.807) is 5.48 Å². The number of nitrogens with zero attached hydrogens (tertiary/aromatic N) is 1. The van der Waals surface area contributed by atoms with Crippen molar-refractivity contribution in [3.8, 4) is 11.3 Å². The van der Waals surface area contributed by atoms with Gasteiger partial charge in [-0.15, -0.1) is 0 Å². The van der Waals surface area contributed by atoms with Gasteiger partial charge in [-0.05, 0) is 31.0 Å². The summed E-state index contributed by atoms with van der Waals surface area (Å²) in [5.41, 5.74) is 0.893. The van der Waals surface area contributed by atoms with Crippen LogP contribution in [0.4, 0.5) is 4.39 Å². The molecule has 0 unspecified atom stereocenters. The lowest BCUT2D eigenvalue weighted by molar-refractivity contribution is -0.139. The molecule has 1 aliphatic rings. The lowest BCUT2D eigenvalue weighted by Crippen LogP contribution is -2.66. The number of benzene rings is 1. The van der Waals surface area contributed by atoms with Crippen molar-refractivity contribution in [2.45, 2.75) is 30.2 Å². The third-order valence-electron chi connectivity index (χ3n) is 4.66. The normalized spacial score (nSPS) is 22.3. The molecule has 2 aromatic rings. The number of carbonyl (C=O) groups is 1. The van der Waals surface area contributed by atoms with Crippen molar-refractivity contribution in [2.24, 2.45) is 0 Å². The van der Waals surface area contributed by atoms with Crippen LogP contribution in [-0.2, 0) is 21.2 Å². The highest BCUT2D eigenvalue weighted by Gasteiger charge is 2.53. The number of amides is 1. The molecule has 0 aliphatic heterocycles. The van der Waals surface area contributed by atoms with Crippen LogP contribution in [0.5, 0.6) is 0 Å². The molecule has 1 aliphatic carbocycles. The molecule has 0 radical (unpaired) electrons. The summed E-state index contributed by atoms with van der Waals surface area (Å²) in [6.45, 7) is 0.0581. The Labute approximate surface area is 159 Å². The third kappa shape index (κ3) is 3.98. The van der Waals surface area contributed by atoms with Gasteiger partial charge in [0.1, 0.15) is 21.2 Å². The molecule has 0 atom stereocenters. The zero-order chi connectivity index (χ0) is 19.8. The Kier molecular flexibility index (Phi) is 5.26. The van der Waals surface area contributed by atoms with Gasteiger partial charge in [-0.3, -0.25) is 15.3 Å². The van der Waals surface area contributed by atoms with Crippen LogP contribution in [0.1, 0.15) is 18.5 Å². The molecule has 1 aromatic heterocycles. The van der Waals surface area contributed by atoms with Crippen molar-refractivity contribution in [2.75, 3.05) is 6.26 Å². The molecule has 11 heteroatoms. The maximum absolute atomic E-state index is 14.0. The van der Waals surface area contributed by atoms with Gasteiger partial charge in [-0.2, -0.15) is 0 Å². The van der Waals surface area contributed by atoms with Crippen LogP contribution in [0.15, 0.2) is 28.8 Å². The Balaban J connectivity index is 1.72. The fourth-order valence-corrected chi connectivity index (χ4v) is 4.34. The first-order valence-electron chi connectivity index (χ1n) is 7.94. The smallest absolute Gasteiger partial charge is 0.263 e. The number of nitrogens with one attached hydrogen (secondary N) is 2. The van der Waals surface area contributed by atoms with Crippen LogP contribution in [0.25, 0.3) is 11.3 Å². The summed E-state index contributed by atoms with van der Waals surface area (Å²) in [6.07, 6.45) is 1.15. The number of hydrogen-bond acceptors (Lipinski definition) is 7. The minimum absolute atomic E-state index is 0.0226. The van der Waals surface area contributed by atoms with E-state index >= 15 is 0 Å². The number of rotatable bonds is 6. The SMILES string of the molecule is CS(=O)(=O)C1CC(NCc2cc(-c3ccc(Cl)cc3F)on2)(C(=O)NO)C1. The Morgan fingerprint density at radius 1 is 1.44 bits per heavy atom. The van der Waals surface area contributed by atoms with E-state index in [0.29, 0.717) is 5.69 Å². The highest BCUT2D eigenvalue weighted by molar-refractivity contribution is 7.91. The predicted octanol–water partition coefficient (Wildman–Crippen LogP) is 1.67. The molecule has 1 aromatic carbocycles. The average molecular weight is 418 g/mol. The standard InChI is InChI=1S/C16H17ClFN3O5S/c1-27(24,25)11-6-16(7-11,15(22)20-23)19-8-10-5-14(26-21-10)12-3-2-9(17)4-13(12)18/h2-5,11,19,23H,6-8H2,1H3,(H,20,22). The molecule has 0 saturated heterocycles. The number of aromatic nitrogens is 1. The van der Waals surface area contributed by atoms with Crippen LogP contribution in [0.3, 0.4) is 0 Å². The van der Waals surface area contributed by atoms with E-state index in [-0.39, 0.29) is 35.7 Å². The zero-order valence-corrected chi connectivity index (χ0v) is 15.8. The van der Waals surface area contributed by atoms with Gasteiger partial charge < -0.3 is 4.52 Å². The van der Waals surface area contributed by atoms with Gasteiger partial charge in [-0.1, -0.05) is 16.8 Å². The minimum Gasteiger partial charge on any atom is -0.356 e. The van der Waals surface area contributed by atoms with Gasteiger partial charge >= 0.3 is 0 Å². The summed E-state index contributed by atoms with van der Waals surface area (Å²) < 4.78 is 42.3. The van der Waals surface area contributed by atoms with Crippen LogP contribution < -0.4 is 10.8 Å². The summed E-state index contributed by atoms with van der Waals surface area (Å²) in [6, 6.07) is 5.62. The van der Waals surface area contributed by atoms with Crippen molar-refractivity contribution >= 4 is 27.3 Å². The minimum atomic E-state index is -3.29. The third-order valence-corrected chi connectivity index (χ3v) is 6.44. The Morgan fingerprint density at radius 2 is 2.15 bits per heavy atom. The summed E-state index contributed by atoms with van der Waals surface area (Å²) in [4.78, 5) is 12.0. The van der Waals surface area contributed by atoms with Gasteiger partial charge in [0, 0.05) is 23.9 Å². The van der Waals surface area contributed by atoms with E-state index in [4.69, 9.17) is 21.3 Å². The van der Waals surface area contributed by atoms with E-state index < -0.39 is 32.4 Å². The molecular weight excluding hydrogens is 401 g/mol.